The van der Waals surface area contributed by atoms with E-state index in [2.05, 4.69) is 10.0 Å². The van der Waals surface area contributed by atoms with Crippen molar-refractivity contribution < 1.29 is 23.1 Å². The Morgan fingerprint density at radius 3 is 2.07 bits per heavy atom. The van der Waals surface area contributed by atoms with Gasteiger partial charge in [-0.25, -0.2) is 17.9 Å². The monoisotopic (exact) mass is 421 g/mol. The Morgan fingerprint density at radius 1 is 1.04 bits per heavy atom. The lowest BCUT2D eigenvalue weighted by atomic mass is 10.1. The fourth-order valence-electron chi connectivity index (χ4n) is 2.43. The summed E-state index contributed by atoms with van der Waals surface area (Å²) < 4.78 is 27.2. The number of likely N-dealkylation sites (N-methyl/N-ethyl adjacent to an activating group) is 1. The molecule has 0 saturated carbocycles. The minimum atomic E-state index is -3.92. The molecule has 0 aliphatic carbocycles. The van der Waals surface area contributed by atoms with E-state index in [1.165, 1.54) is 12.1 Å². The molecular weight excluding hydrogens is 394 g/mol. The Kier molecular flexibility index (Phi) is 11.2. The summed E-state index contributed by atoms with van der Waals surface area (Å²) in [5, 5.41) is 12.1. The number of hydrogen-bond donors (Lipinski definition) is 3. The van der Waals surface area contributed by atoms with Crippen LogP contribution in [0.1, 0.15) is 47.4 Å². The van der Waals surface area contributed by atoms with Crippen molar-refractivity contribution in [2.45, 2.75) is 31.6 Å². The normalized spacial score (nSPS) is 10.9. The molecule has 154 valence electrons. The molecular formula is C17H28ClN3O5S. The van der Waals surface area contributed by atoms with Gasteiger partial charge in [0.1, 0.15) is 0 Å². The Hall–Kier alpha value is -1.68. The number of rotatable bonds is 11. The average molecular weight is 422 g/mol. The maximum absolute atomic E-state index is 12.7. The number of carboxylic acids is 1. The van der Waals surface area contributed by atoms with Crippen molar-refractivity contribution in [3.8, 4) is 0 Å². The second-order valence-electron chi connectivity index (χ2n) is 5.84. The molecule has 0 radical (unpaired) electrons. The van der Waals surface area contributed by atoms with Gasteiger partial charge >= 0.3 is 5.97 Å². The molecule has 1 aromatic carbocycles. The van der Waals surface area contributed by atoms with E-state index < -0.39 is 16.0 Å². The summed E-state index contributed by atoms with van der Waals surface area (Å²) in [6.45, 7) is 5.48. The SMILES string of the molecule is CCCN(CCC)C(=O)c1cc(C(=O)O)cc(S(=O)(=O)NCCNC)c1.Cl. The first-order valence-corrected chi connectivity index (χ1v) is 10.1. The van der Waals surface area contributed by atoms with Crippen LogP contribution in [0.15, 0.2) is 23.1 Å². The lowest BCUT2D eigenvalue weighted by Crippen LogP contribution is -2.33. The third-order valence-corrected chi connectivity index (χ3v) is 5.09. The van der Waals surface area contributed by atoms with Crippen molar-refractivity contribution in [2.75, 3.05) is 33.2 Å². The molecule has 0 saturated heterocycles. The van der Waals surface area contributed by atoms with Crippen LogP contribution in [0, 0.1) is 0 Å². The molecule has 0 spiro atoms. The molecule has 27 heavy (non-hydrogen) atoms. The number of amides is 1. The third-order valence-electron chi connectivity index (χ3n) is 3.65. The number of nitrogens with one attached hydrogen (secondary N) is 2. The number of carbonyl (C=O) groups excluding carboxylic acids is 1. The molecule has 3 N–H and O–H groups in total. The van der Waals surface area contributed by atoms with Crippen LogP contribution in [0.5, 0.6) is 0 Å². The lowest BCUT2D eigenvalue weighted by Gasteiger charge is -2.22. The molecule has 8 nitrogen and oxygen atoms in total. The summed E-state index contributed by atoms with van der Waals surface area (Å²) in [6.07, 6.45) is 1.50. The van der Waals surface area contributed by atoms with E-state index in [0.29, 0.717) is 19.6 Å². The highest BCUT2D eigenvalue weighted by Gasteiger charge is 2.22. The second kappa shape index (κ2) is 11.9. The molecule has 0 fully saturated rings. The maximum Gasteiger partial charge on any atom is 0.335 e. The minimum Gasteiger partial charge on any atom is -0.478 e. The number of hydrogen-bond acceptors (Lipinski definition) is 5. The summed E-state index contributed by atoms with van der Waals surface area (Å²) in [5.41, 5.74) is -0.182. The predicted molar refractivity (Wildman–Crippen MR) is 106 cm³/mol. The fraction of sp³-hybridized carbons (Fsp3) is 0.529. The van der Waals surface area contributed by atoms with E-state index in [9.17, 15) is 23.1 Å². The van der Waals surface area contributed by atoms with Gasteiger partial charge in [-0.05, 0) is 38.1 Å². The first-order valence-electron chi connectivity index (χ1n) is 8.58. The van der Waals surface area contributed by atoms with Gasteiger partial charge in [0.15, 0.2) is 0 Å². The molecule has 0 aromatic heterocycles. The number of nitrogens with zero attached hydrogens (tertiary/aromatic N) is 1. The standard InChI is InChI=1S/C17H27N3O5S.ClH/c1-4-8-20(9-5-2)16(21)13-10-14(17(22)23)12-15(11-13)26(24,25)19-7-6-18-3;/h10-12,18-19H,4-9H2,1-3H3,(H,22,23);1H. The molecule has 0 heterocycles. The van der Waals surface area contributed by atoms with Crippen molar-refractivity contribution >= 4 is 34.3 Å². The highest BCUT2D eigenvalue weighted by Crippen LogP contribution is 2.18. The third kappa shape index (κ3) is 7.45. The van der Waals surface area contributed by atoms with Gasteiger partial charge in [0.25, 0.3) is 5.91 Å². The quantitative estimate of drug-likeness (QED) is 0.467. The number of sulfonamides is 1. The van der Waals surface area contributed by atoms with E-state index in [1.807, 2.05) is 13.8 Å². The van der Waals surface area contributed by atoms with Crippen molar-refractivity contribution in [1.82, 2.24) is 14.9 Å². The molecule has 1 aromatic rings. The van der Waals surface area contributed by atoms with Crippen molar-refractivity contribution in [1.29, 1.82) is 0 Å². The average Bonchev–Trinajstić information content (AvgIpc) is 2.60. The number of aromatic carboxylic acids is 1. The van der Waals surface area contributed by atoms with Gasteiger partial charge in [-0.15, -0.1) is 12.4 Å². The molecule has 0 unspecified atom stereocenters. The summed E-state index contributed by atoms with van der Waals surface area (Å²) in [7, 11) is -2.23. The van der Waals surface area contributed by atoms with Crippen LogP contribution in [-0.2, 0) is 10.0 Å². The topological polar surface area (TPSA) is 116 Å². The van der Waals surface area contributed by atoms with Crippen LogP contribution in [0.4, 0.5) is 0 Å². The van der Waals surface area contributed by atoms with E-state index in [-0.39, 0.29) is 40.9 Å². The zero-order chi connectivity index (χ0) is 19.7. The number of benzene rings is 1. The van der Waals surface area contributed by atoms with Crippen LogP contribution >= 0.6 is 12.4 Å². The van der Waals surface area contributed by atoms with Gasteiger partial charge in [0, 0.05) is 31.7 Å². The first-order chi connectivity index (χ1) is 12.3. The summed E-state index contributed by atoms with van der Waals surface area (Å²) >= 11 is 0. The zero-order valence-corrected chi connectivity index (χ0v) is 17.5. The van der Waals surface area contributed by atoms with Gasteiger partial charge in [0.05, 0.1) is 10.5 Å². The van der Waals surface area contributed by atoms with E-state index >= 15 is 0 Å². The number of carboxylic acid groups (broad SMARTS) is 1. The number of halogens is 1. The smallest absolute Gasteiger partial charge is 0.335 e. The van der Waals surface area contributed by atoms with E-state index in [0.717, 1.165) is 18.9 Å². The fourth-order valence-corrected chi connectivity index (χ4v) is 3.53. The van der Waals surface area contributed by atoms with Gasteiger partial charge < -0.3 is 15.3 Å². The van der Waals surface area contributed by atoms with Crippen LogP contribution in [0.25, 0.3) is 0 Å². The molecule has 0 bridgehead atoms. The van der Waals surface area contributed by atoms with Gasteiger partial charge in [-0.3, -0.25) is 4.79 Å². The lowest BCUT2D eigenvalue weighted by molar-refractivity contribution is 0.0696. The van der Waals surface area contributed by atoms with Crippen LogP contribution in [0.2, 0.25) is 0 Å². The van der Waals surface area contributed by atoms with Crippen molar-refractivity contribution in [3.63, 3.8) is 0 Å². The Labute approximate surface area is 166 Å². The van der Waals surface area contributed by atoms with Crippen molar-refractivity contribution in [2.24, 2.45) is 0 Å². The van der Waals surface area contributed by atoms with Crippen LogP contribution in [-0.4, -0.2) is 63.5 Å². The highest BCUT2D eigenvalue weighted by atomic mass is 35.5. The largest absolute Gasteiger partial charge is 0.478 e. The second-order valence-corrected chi connectivity index (χ2v) is 7.61. The van der Waals surface area contributed by atoms with Gasteiger partial charge in [0.2, 0.25) is 10.0 Å². The Bertz CT molecular complexity index is 734. The van der Waals surface area contributed by atoms with Crippen LogP contribution < -0.4 is 10.0 Å². The summed E-state index contributed by atoms with van der Waals surface area (Å²) in [4.78, 5) is 25.5. The molecule has 10 heteroatoms. The maximum atomic E-state index is 12.7. The molecule has 0 aliphatic heterocycles. The zero-order valence-electron chi connectivity index (χ0n) is 15.8. The summed E-state index contributed by atoms with van der Waals surface area (Å²) in [5.74, 6) is -1.66. The van der Waals surface area contributed by atoms with Crippen molar-refractivity contribution in [3.05, 3.63) is 29.3 Å². The Balaban J connectivity index is 0.00000676. The van der Waals surface area contributed by atoms with Gasteiger partial charge in [-0.2, -0.15) is 0 Å². The summed E-state index contributed by atoms with van der Waals surface area (Å²) in [6, 6.07) is 3.51. The highest BCUT2D eigenvalue weighted by molar-refractivity contribution is 7.89. The molecule has 1 amide bonds. The van der Waals surface area contributed by atoms with E-state index in [4.69, 9.17) is 0 Å². The molecule has 0 atom stereocenters. The first kappa shape index (κ1) is 25.3. The minimum absolute atomic E-state index is 0. The molecule has 1 rings (SSSR count). The van der Waals surface area contributed by atoms with E-state index in [1.54, 1.807) is 11.9 Å². The number of carbonyl (C=O) groups is 2. The van der Waals surface area contributed by atoms with Crippen LogP contribution in [0.3, 0.4) is 0 Å². The predicted octanol–water partition coefficient (Wildman–Crippen LogP) is 1.57. The Morgan fingerprint density at radius 2 is 1.59 bits per heavy atom. The van der Waals surface area contributed by atoms with Gasteiger partial charge in [-0.1, -0.05) is 13.8 Å². The molecule has 0 aliphatic rings.